The standard InChI is InChI=1S/C19H28N2O4/c1-25-17-10-6-5-9-16(17)21-19(24)20-15(11-12-18(22)23)13-14-7-3-2-4-8-14/h2-4,7-8,15-17H,5-6,9-13H2,1H3,(H,22,23)(H2,20,21,24)/t15?,16-,17-/m1/s1. The molecule has 1 fully saturated rings. The Balaban J connectivity index is 1.92. The summed E-state index contributed by atoms with van der Waals surface area (Å²) in [4.78, 5) is 23.3. The average Bonchev–Trinajstić information content (AvgIpc) is 2.61. The van der Waals surface area contributed by atoms with E-state index in [2.05, 4.69) is 10.6 Å². The number of aliphatic carboxylic acids is 1. The third kappa shape index (κ3) is 6.74. The second-order valence-electron chi connectivity index (χ2n) is 6.60. The number of amides is 2. The lowest BCUT2D eigenvalue weighted by Gasteiger charge is -2.31. The van der Waals surface area contributed by atoms with Gasteiger partial charge in [0.15, 0.2) is 0 Å². The topological polar surface area (TPSA) is 87.7 Å². The first-order chi connectivity index (χ1) is 12.1. The summed E-state index contributed by atoms with van der Waals surface area (Å²) >= 11 is 0. The van der Waals surface area contributed by atoms with Crippen molar-refractivity contribution in [3.63, 3.8) is 0 Å². The molecule has 1 saturated carbocycles. The molecule has 3 atom stereocenters. The summed E-state index contributed by atoms with van der Waals surface area (Å²) in [6, 6.07) is 9.32. The molecule has 0 aromatic heterocycles. The smallest absolute Gasteiger partial charge is 0.315 e. The maximum atomic E-state index is 12.4. The molecule has 1 aliphatic rings. The fraction of sp³-hybridized carbons (Fsp3) is 0.579. The number of urea groups is 1. The van der Waals surface area contributed by atoms with Crippen LogP contribution < -0.4 is 10.6 Å². The fourth-order valence-corrected chi connectivity index (χ4v) is 3.36. The molecular weight excluding hydrogens is 320 g/mol. The van der Waals surface area contributed by atoms with Crippen LogP contribution in [-0.4, -0.2) is 42.4 Å². The molecule has 0 heterocycles. The molecule has 2 rings (SSSR count). The van der Waals surface area contributed by atoms with E-state index in [4.69, 9.17) is 9.84 Å². The van der Waals surface area contributed by atoms with Gasteiger partial charge >= 0.3 is 12.0 Å². The zero-order valence-electron chi connectivity index (χ0n) is 14.7. The Bertz CT molecular complexity index is 550. The van der Waals surface area contributed by atoms with Gasteiger partial charge in [-0.2, -0.15) is 0 Å². The van der Waals surface area contributed by atoms with Gasteiger partial charge in [0.25, 0.3) is 0 Å². The Kier molecular flexibility index (Phi) is 7.73. The summed E-state index contributed by atoms with van der Waals surface area (Å²) in [5.74, 6) is -0.855. The van der Waals surface area contributed by atoms with Gasteiger partial charge in [0, 0.05) is 19.6 Å². The minimum atomic E-state index is -0.855. The molecule has 138 valence electrons. The Hall–Kier alpha value is -2.08. The molecule has 2 amide bonds. The predicted octanol–water partition coefficient (Wildman–Crippen LogP) is 2.72. The number of carboxylic acids is 1. The van der Waals surface area contributed by atoms with Gasteiger partial charge < -0.3 is 20.5 Å². The molecule has 0 aliphatic heterocycles. The van der Waals surface area contributed by atoms with Crippen molar-refractivity contribution in [2.75, 3.05) is 7.11 Å². The third-order valence-corrected chi connectivity index (χ3v) is 4.69. The second kappa shape index (κ2) is 10.0. The van der Waals surface area contributed by atoms with E-state index in [1.807, 2.05) is 30.3 Å². The van der Waals surface area contributed by atoms with E-state index in [1.54, 1.807) is 7.11 Å². The van der Waals surface area contributed by atoms with E-state index in [1.165, 1.54) is 0 Å². The molecule has 1 aromatic rings. The predicted molar refractivity (Wildman–Crippen MR) is 95.5 cm³/mol. The van der Waals surface area contributed by atoms with Crippen molar-refractivity contribution in [1.82, 2.24) is 10.6 Å². The number of benzene rings is 1. The highest BCUT2D eigenvalue weighted by atomic mass is 16.5. The van der Waals surface area contributed by atoms with Crippen LogP contribution in [0.2, 0.25) is 0 Å². The molecule has 1 aromatic carbocycles. The number of rotatable bonds is 8. The van der Waals surface area contributed by atoms with Gasteiger partial charge in [0.2, 0.25) is 0 Å². The van der Waals surface area contributed by atoms with E-state index >= 15 is 0 Å². The summed E-state index contributed by atoms with van der Waals surface area (Å²) in [6.45, 7) is 0. The molecular formula is C19H28N2O4. The minimum absolute atomic E-state index is 0.00981. The summed E-state index contributed by atoms with van der Waals surface area (Å²) in [6.07, 6.45) is 5.15. The van der Waals surface area contributed by atoms with E-state index in [0.29, 0.717) is 12.8 Å². The average molecular weight is 348 g/mol. The Labute approximate surface area is 149 Å². The Morgan fingerprint density at radius 1 is 1.24 bits per heavy atom. The van der Waals surface area contributed by atoms with Gasteiger partial charge in [-0.15, -0.1) is 0 Å². The van der Waals surface area contributed by atoms with Crippen molar-refractivity contribution in [2.45, 2.75) is 63.1 Å². The first kappa shape index (κ1) is 19.2. The fourth-order valence-electron chi connectivity index (χ4n) is 3.36. The van der Waals surface area contributed by atoms with Gasteiger partial charge in [-0.1, -0.05) is 43.2 Å². The molecule has 1 unspecified atom stereocenters. The molecule has 6 heteroatoms. The number of hydrogen-bond acceptors (Lipinski definition) is 3. The highest BCUT2D eigenvalue weighted by Crippen LogP contribution is 2.20. The van der Waals surface area contributed by atoms with Crippen LogP contribution in [0.15, 0.2) is 30.3 Å². The molecule has 0 bridgehead atoms. The first-order valence-electron chi connectivity index (χ1n) is 8.94. The van der Waals surface area contributed by atoms with Crippen LogP contribution in [0.25, 0.3) is 0 Å². The normalized spacial score (nSPS) is 21.3. The second-order valence-corrected chi connectivity index (χ2v) is 6.60. The van der Waals surface area contributed by atoms with E-state index in [0.717, 1.165) is 31.2 Å². The molecule has 0 saturated heterocycles. The highest BCUT2D eigenvalue weighted by molar-refractivity contribution is 5.75. The lowest BCUT2D eigenvalue weighted by atomic mass is 9.92. The maximum absolute atomic E-state index is 12.4. The zero-order chi connectivity index (χ0) is 18.1. The summed E-state index contributed by atoms with van der Waals surface area (Å²) in [5.41, 5.74) is 1.07. The first-order valence-corrected chi connectivity index (χ1v) is 8.94. The number of methoxy groups -OCH3 is 1. The molecule has 25 heavy (non-hydrogen) atoms. The third-order valence-electron chi connectivity index (χ3n) is 4.69. The van der Waals surface area contributed by atoms with E-state index < -0.39 is 5.97 Å². The summed E-state index contributed by atoms with van der Waals surface area (Å²) < 4.78 is 5.46. The summed E-state index contributed by atoms with van der Waals surface area (Å²) in [7, 11) is 1.67. The number of carbonyl (C=O) groups excluding carboxylic acids is 1. The molecule has 0 spiro atoms. The van der Waals surface area contributed by atoms with Crippen molar-refractivity contribution in [3.8, 4) is 0 Å². The van der Waals surface area contributed by atoms with Crippen LogP contribution in [0.5, 0.6) is 0 Å². The van der Waals surface area contributed by atoms with Crippen LogP contribution in [0.1, 0.15) is 44.1 Å². The van der Waals surface area contributed by atoms with Gasteiger partial charge in [-0.25, -0.2) is 4.79 Å². The number of hydrogen-bond donors (Lipinski definition) is 3. The Morgan fingerprint density at radius 3 is 2.64 bits per heavy atom. The van der Waals surface area contributed by atoms with Crippen LogP contribution in [0, 0.1) is 0 Å². The van der Waals surface area contributed by atoms with Gasteiger partial charge in [0.05, 0.1) is 12.1 Å². The lowest BCUT2D eigenvalue weighted by molar-refractivity contribution is -0.137. The number of ether oxygens (including phenoxy) is 1. The molecule has 6 nitrogen and oxygen atoms in total. The lowest BCUT2D eigenvalue weighted by Crippen LogP contribution is -2.52. The number of nitrogens with one attached hydrogen (secondary N) is 2. The maximum Gasteiger partial charge on any atom is 0.315 e. The summed E-state index contributed by atoms with van der Waals surface area (Å²) in [5, 5.41) is 14.9. The van der Waals surface area contributed by atoms with Gasteiger partial charge in [-0.05, 0) is 31.2 Å². The molecule has 1 aliphatic carbocycles. The van der Waals surface area contributed by atoms with Crippen LogP contribution in [0.3, 0.4) is 0 Å². The van der Waals surface area contributed by atoms with E-state index in [9.17, 15) is 9.59 Å². The number of carboxylic acid groups (broad SMARTS) is 1. The minimum Gasteiger partial charge on any atom is -0.481 e. The zero-order valence-corrected chi connectivity index (χ0v) is 14.7. The largest absolute Gasteiger partial charge is 0.481 e. The van der Waals surface area contributed by atoms with Crippen molar-refractivity contribution in [3.05, 3.63) is 35.9 Å². The van der Waals surface area contributed by atoms with Crippen molar-refractivity contribution in [2.24, 2.45) is 0 Å². The molecule has 3 N–H and O–H groups in total. The van der Waals surface area contributed by atoms with Crippen molar-refractivity contribution < 1.29 is 19.4 Å². The van der Waals surface area contributed by atoms with E-state index in [-0.39, 0.29) is 30.6 Å². The highest BCUT2D eigenvalue weighted by Gasteiger charge is 2.27. The van der Waals surface area contributed by atoms with Crippen molar-refractivity contribution in [1.29, 1.82) is 0 Å². The van der Waals surface area contributed by atoms with Gasteiger partial charge in [0.1, 0.15) is 0 Å². The monoisotopic (exact) mass is 348 g/mol. The van der Waals surface area contributed by atoms with Gasteiger partial charge in [-0.3, -0.25) is 4.79 Å². The quantitative estimate of drug-likeness (QED) is 0.674. The molecule has 0 radical (unpaired) electrons. The van der Waals surface area contributed by atoms with Crippen LogP contribution >= 0.6 is 0 Å². The van der Waals surface area contributed by atoms with Crippen LogP contribution in [-0.2, 0) is 16.0 Å². The van der Waals surface area contributed by atoms with Crippen LogP contribution in [0.4, 0.5) is 4.79 Å². The Morgan fingerprint density at radius 2 is 1.96 bits per heavy atom. The SMILES string of the molecule is CO[C@@H]1CCCC[C@H]1NC(=O)NC(CCC(=O)O)Cc1ccccc1. The number of carbonyl (C=O) groups is 2. The van der Waals surface area contributed by atoms with Crippen molar-refractivity contribution >= 4 is 12.0 Å².